The minimum atomic E-state index is -4.89. The molecule has 0 fully saturated rings. The van der Waals surface area contributed by atoms with Gasteiger partial charge in [-0.1, -0.05) is 13.8 Å². The first kappa shape index (κ1) is 28.6. The number of aliphatic carboxylic acids is 1. The van der Waals surface area contributed by atoms with Crippen LogP contribution in [0.1, 0.15) is 20.3 Å². The number of rotatable bonds is 3. The summed E-state index contributed by atoms with van der Waals surface area (Å²) in [6.45, 7) is 3.89. The molecule has 0 aliphatic carbocycles. The molecule has 0 spiro atoms. The predicted molar refractivity (Wildman–Crippen MR) is 64.9 cm³/mol. The van der Waals surface area contributed by atoms with E-state index in [-0.39, 0.29) is 23.1 Å². The second-order valence-electron chi connectivity index (χ2n) is 3.56. The molecule has 0 amide bonds. The molecule has 0 bridgehead atoms. The molecule has 0 aromatic heterocycles. The maximum atomic E-state index is 10.1. The van der Waals surface area contributed by atoms with E-state index in [1.165, 1.54) is 0 Å². The number of nitrogens with two attached hydrogens (primary N) is 1. The van der Waals surface area contributed by atoms with Crippen LogP contribution in [0.2, 0.25) is 0 Å². The summed E-state index contributed by atoms with van der Waals surface area (Å²) in [5.74, 6) is -0.556. The van der Waals surface area contributed by atoms with Gasteiger partial charge in [-0.2, -0.15) is 0 Å². The summed E-state index contributed by atoms with van der Waals surface area (Å²) in [7, 11) is -9.78. The molecule has 0 aliphatic rings. The third-order valence-electron chi connectivity index (χ3n) is 1.04. The maximum Gasteiger partial charge on any atom is 2.00 e. The van der Waals surface area contributed by atoms with Crippen molar-refractivity contribution >= 4 is 44.7 Å². The van der Waals surface area contributed by atoms with E-state index in [9.17, 15) is 4.79 Å². The van der Waals surface area contributed by atoms with Gasteiger partial charge in [0.2, 0.25) is 0 Å². The zero-order valence-electron chi connectivity index (χ0n) is 10.8. The van der Waals surface area contributed by atoms with E-state index in [0.717, 1.165) is 0 Å². The second-order valence-corrected chi connectivity index (χ2v) is 5.52. The Hall–Kier alpha value is 0.416. The van der Waals surface area contributed by atoms with Crippen molar-refractivity contribution in [1.29, 1.82) is 0 Å². The molecular formula is C6H17MgNO10P2. The Labute approximate surface area is 131 Å². The molecule has 0 saturated heterocycles. The monoisotopic (exact) mass is 349 g/mol. The van der Waals surface area contributed by atoms with Crippen molar-refractivity contribution < 1.29 is 48.4 Å². The normalized spacial score (nSPS) is 12.1. The van der Waals surface area contributed by atoms with E-state index in [1.807, 2.05) is 13.8 Å². The van der Waals surface area contributed by atoms with Crippen molar-refractivity contribution in [1.82, 2.24) is 0 Å². The Bertz CT molecular complexity index is 302. The van der Waals surface area contributed by atoms with Crippen LogP contribution in [0.4, 0.5) is 0 Å². The summed E-state index contributed by atoms with van der Waals surface area (Å²) in [5.41, 5.74) is 5.22. The zero-order valence-corrected chi connectivity index (χ0v) is 14.0. The van der Waals surface area contributed by atoms with Gasteiger partial charge in [-0.25, -0.2) is 0 Å². The molecule has 0 aromatic carbocycles. The fraction of sp³-hybridized carbons (Fsp3) is 0.833. The topological polar surface area (TPSA) is 224 Å². The van der Waals surface area contributed by atoms with Crippen LogP contribution in [0.3, 0.4) is 0 Å². The largest absolute Gasteiger partial charge is 2.00 e. The van der Waals surface area contributed by atoms with Crippen LogP contribution >= 0.6 is 15.6 Å². The Morgan fingerprint density at radius 1 is 1.10 bits per heavy atom. The molecule has 11 nitrogen and oxygen atoms in total. The van der Waals surface area contributed by atoms with Crippen molar-refractivity contribution in [2.24, 2.45) is 11.7 Å². The number of hydrogen-bond acceptors (Lipinski definition) is 6. The molecule has 0 rings (SSSR count). The molecule has 0 radical (unpaired) electrons. The van der Waals surface area contributed by atoms with Gasteiger partial charge in [-0.3, -0.25) is 13.9 Å². The molecule has 0 saturated carbocycles. The average molecular weight is 349 g/mol. The molecule has 0 aromatic rings. The second kappa shape index (κ2) is 13.1. The van der Waals surface area contributed by atoms with E-state index in [0.29, 0.717) is 12.3 Å². The number of carbonyl (C=O) groups is 1. The van der Waals surface area contributed by atoms with Crippen LogP contribution in [-0.2, 0) is 13.9 Å². The van der Waals surface area contributed by atoms with Gasteiger partial charge >= 0.3 is 29.0 Å². The third-order valence-corrected chi connectivity index (χ3v) is 1.04. The van der Waals surface area contributed by atoms with Gasteiger partial charge in [-0.15, -0.1) is 0 Å². The van der Waals surface area contributed by atoms with Crippen LogP contribution in [-0.4, -0.2) is 59.7 Å². The first-order chi connectivity index (χ1) is 8.04. The van der Waals surface area contributed by atoms with Gasteiger partial charge in [0.25, 0.3) is 15.6 Å². The maximum absolute atomic E-state index is 10.1. The predicted octanol–water partition coefficient (Wildman–Crippen LogP) is -3.06. The van der Waals surface area contributed by atoms with Gasteiger partial charge in [0.1, 0.15) is 6.04 Å². The van der Waals surface area contributed by atoms with Gasteiger partial charge < -0.3 is 40.2 Å². The van der Waals surface area contributed by atoms with Crippen molar-refractivity contribution in [2.75, 3.05) is 0 Å². The number of carboxylic acids is 1. The van der Waals surface area contributed by atoms with Crippen LogP contribution < -0.4 is 15.5 Å². The van der Waals surface area contributed by atoms with Crippen LogP contribution in [0.5, 0.6) is 0 Å². The summed E-state index contributed by atoms with van der Waals surface area (Å²) in [4.78, 5) is 56.0. The molecular weight excluding hydrogens is 332 g/mol. The molecule has 1 atom stereocenters. The standard InChI is InChI=1S/C6H13NO2.Mg.2H3O4P/c1-4(2)3-5(7)6(8)9;;2*1-5(2,3)4/h4-5H,3,7H2,1-2H3,(H,8,9);;2*(H3,1,2,3,4)/q;+2;;/p-2. The molecule has 20 heavy (non-hydrogen) atoms. The Morgan fingerprint density at radius 3 is 1.35 bits per heavy atom. The third kappa shape index (κ3) is 78.9. The van der Waals surface area contributed by atoms with Gasteiger partial charge in [-0.05, 0) is 12.3 Å². The molecule has 1 unspecified atom stereocenters. The minimum Gasteiger partial charge on any atom is -0.756 e. The quantitative estimate of drug-likeness (QED) is 0.221. The van der Waals surface area contributed by atoms with Gasteiger partial charge in [0, 0.05) is 0 Å². The zero-order chi connectivity index (χ0) is 16.4. The summed E-state index contributed by atoms with van der Waals surface area (Å²) in [6, 6.07) is -0.690. The van der Waals surface area contributed by atoms with Crippen LogP contribution in [0.25, 0.3) is 0 Å². The Kier molecular flexibility index (Phi) is 18.7. The van der Waals surface area contributed by atoms with Gasteiger partial charge in [0.15, 0.2) is 0 Å². The Balaban J connectivity index is -0.000000101. The van der Waals surface area contributed by atoms with E-state index >= 15 is 0 Å². The molecule has 7 N–H and O–H groups in total. The number of phosphoric acid groups is 2. The average Bonchev–Trinajstić information content (AvgIpc) is 1.94. The smallest absolute Gasteiger partial charge is 0.756 e. The first-order valence-electron chi connectivity index (χ1n) is 4.55. The van der Waals surface area contributed by atoms with Crippen LogP contribution in [0.15, 0.2) is 0 Å². The van der Waals surface area contributed by atoms with Crippen molar-refractivity contribution in [3.8, 4) is 0 Å². The fourth-order valence-electron chi connectivity index (χ4n) is 0.609. The number of carboxylic acid groups (broad SMARTS) is 1. The number of hydrogen-bond donors (Lipinski definition) is 6. The van der Waals surface area contributed by atoms with Gasteiger partial charge in [0.05, 0.1) is 0 Å². The van der Waals surface area contributed by atoms with Crippen molar-refractivity contribution in [2.45, 2.75) is 26.3 Å². The summed E-state index contributed by atoms with van der Waals surface area (Å²) in [6.07, 6.45) is 0.551. The van der Waals surface area contributed by atoms with Crippen molar-refractivity contribution in [3.63, 3.8) is 0 Å². The van der Waals surface area contributed by atoms with E-state index in [1.54, 1.807) is 0 Å². The Morgan fingerprint density at radius 2 is 1.30 bits per heavy atom. The molecule has 14 heteroatoms. The summed E-state index contributed by atoms with van der Waals surface area (Å²) in [5, 5.41) is 8.31. The van der Waals surface area contributed by atoms with Crippen molar-refractivity contribution in [3.05, 3.63) is 0 Å². The first-order valence-corrected chi connectivity index (χ1v) is 7.61. The summed E-state index contributed by atoms with van der Waals surface area (Å²) >= 11 is 0. The van der Waals surface area contributed by atoms with E-state index < -0.39 is 27.7 Å². The fourth-order valence-corrected chi connectivity index (χ4v) is 0.609. The summed E-state index contributed by atoms with van der Waals surface area (Å²) < 4.78 is 17.5. The van der Waals surface area contributed by atoms with Crippen LogP contribution in [0, 0.1) is 5.92 Å². The molecule has 118 valence electrons. The molecule has 0 aliphatic heterocycles. The van der Waals surface area contributed by atoms with E-state index in [2.05, 4.69) is 0 Å². The SMILES string of the molecule is CC(C)CC(N)C(=O)O.O=P([O-])(O)O.O=P([O-])(O)O.[Mg+2]. The minimum absolute atomic E-state index is 0. The molecule has 0 heterocycles. The van der Waals surface area contributed by atoms with E-state index in [4.69, 9.17) is 49.3 Å².